The standard InChI is InChI=1S/C32H28N4O5/c1-36(2)26-15-13-23(14-16-26)21-29(34-31(38)25-9-4-3-5-10-25)32(39)35-33-22-24-8-6-11-28(20-24)41-30(37)18-17-27-12-7-19-40-27/h3-22H,1-2H3,(H,34,38)(H,35,39)/b18-17+,29-21-,33-22+. The minimum atomic E-state index is -0.618. The molecule has 0 saturated heterocycles. The maximum Gasteiger partial charge on any atom is 0.336 e. The molecule has 9 heteroatoms. The van der Waals surface area contributed by atoms with Crippen LogP contribution in [-0.2, 0) is 9.59 Å². The normalized spacial score (nSPS) is 11.4. The van der Waals surface area contributed by atoms with Crippen molar-refractivity contribution >= 4 is 41.8 Å². The lowest BCUT2D eigenvalue weighted by molar-refractivity contribution is -0.128. The number of benzene rings is 3. The van der Waals surface area contributed by atoms with Crippen molar-refractivity contribution in [2.75, 3.05) is 19.0 Å². The van der Waals surface area contributed by atoms with E-state index in [4.69, 9.17) is 9.15 Å². The monoisotopic (exact) mass is 548 g/mol. The van der Waals surface area contributed by atoms with Gasteiger partial charge in [-0.05, 0) is 71.8 Å². The number of esters is 1. The second kappa shape index (κ2) is 13.9. The van der Waals surface area contributed by atoms with Crippen molar-refractivity contribution in [1.82, 2.24) is 10.7 Å². The zero-order chi connectivity index (χ0) is 29.0. The van der Waals surface area contributed by atoms with Crippen LogP contribution < -0.4 is 20.4 Å². The number of carbonyl (C=O) groups is 3. The number of furan rings is 1. The maximum absolute atomic E-state index is 13.1. The van der Waals surface area contributed by atoms with Gasteiger partial charge in [-0.1, -0.05) is 42.5 Å². The summed E-state index contributed by atoms with van der Waals surface area (Å²) in [6.45, 7) is 0. The average Bonchev–Trinajstić information content (AvgIpc) is 3.50. The molecule has 0 saturated carbocycles. The number of nitrogens with one attached hydrogen (secondary N) is 2. The van der Waals surface area contributed by atoms with E-state index in [2.05, 4.69) is 15.8 Å². The summed E-state index contributed by atoms with van der Waals surface area (Å²) in [5.74, 6) is -0.806. The Balaban J connectivity index is 1.44. The highest BCUT2D eigenvalue weighted by Gasteiger charge is 2.14. The third-order valence-electron chi connectivity index (χ3n) is 5.63. The van der Waals surface area contributed by atoms with E-state index in [1.165, 1.54) is 24.6 Å². The smallest absolute Gasteiger partial charge is 0.336 e. The first-order valence-electron chi connectivity index (χ1n) is 12.6. The minimum absolute atomic E-state index is 0.0135. The second-order valence-corrected chi connectivity index (χ2v) is 8.91. The van der Waals surface area contributed by atoms with E-state index < -0.39 is 17.8 Å². The maximum atomic E-state index is 13.1. The predicted molar refractivity (Wildman–Crippen MR) is 158 cm³/mol. The van der Waals surface area contributed by atoms with Crippen LogP contribution in [0.4, 0.5) is 5.69 Å². The van der Waals surface area contributed by atoms with Crippen molar-refractivity contribution in [1.29, 1.82) is 0 Å². The molecule has 0 atom stereocenters. The van der Waals surface area contributed by atoms with Gasteiger partial charge in [0, 0.05) is 31.4 Å². The molecule has 0 fully saturated rings. The molecule has 4 aromatic rings. The summed E-state index contributed by atoms with van der Waals surface area (Å²) in [6.07, 6.45) is 7.23. The Morgan fingerprint density at radius 2 is 1.66 bits per heavy atom. The van der Waals surface area contributed by atoms with Gasteiger partial charge in [-0.25, -0.2) is 10.2 Å². The molecule has 0 radical (unpaired) electrons. The highest BCUT2D eigenvalue weighted by molar-refractivity contribution is 6.05. The third-order valence-corrected chi connectivity index (χ3v) is 5.63. The first-order chi connectivity index (χ1) is 19.9. The average molecular weight is 549 g/mol. The molecule has 1 aromatic heterocycles. The Morgan fingerprint density at radius 1 is 0.878 bits per heavy atom. The number of hydrogen-bond donors (Lipinski definition) is 2. The molecule has 0 aliphatic carbocycles. The first kappa shape index (κ1) is 28.3. The molecule has 2 amide bonds. The van der Waals surface area contributed by atoms with Crippen LogP contribution in [0.25, 0.3) is 12.2 Å². The van der Waals surface area contributed by atoms with Crippen LogP contribution in [0, 0.1) is 0 Å². The van der Waals surface area contributed by atoms with Gasteiger partial charge in [0.15, 0.2) is 0 Å². The van der Waals surface area contributed by atoms with E-state index >= 15 is 0 Å². The largest absolute Gasteiger partial charge is 0.465 e. The van der Waals surface area contributed by atoms with Gasteiger partial charge < -0.3 is 19.4 Å². The van der Waals surface area contributed by atoms with Gasteiger partial charge >= 0.3 is 5.97 Å². The summed E-state index contributed by atoms with van der Waals surface area (Å²) in [7, 11) is 3.86. The van der Waals surface area contributed by atoms with E-state index in [1.54, 1.807) is 72.8 Å². The highest BCUT2D eigenvalue weighted by Crippen LogP contribution is 2.15. The summed E-state index contributed by atoms with van der Waals surface area (Å²) >= 11 is 0. The molecule has 2 N–H and O–H groups in total. The molecule has 3 aromatic carbocycles. The van der Waals surface area contributed by atoms with Crippen LogP contribution in [0.5, 0.6) is 5.75 Å². The molecule has 0 unspecified atom stereocenters. The molecule has 1 heterocycles. The van der Waals surface area contributed by atoms with Gasteiger partial charge in [0.2, 0.25) is 0 Å². The van der Waals surface area contributed by atoms with Crippen molar-refractivity contribution in [3.05, 3.63) is 131 Å². The van der Waals surface area contributed by atoms with Gasteiger partial charge in [0.25, 0.3) is 11.8 Å². The lowest BCUT2D eigenvalue weighted by atomic mass is 10.1. The first-order valence-corrected chi connectivity index (χ1v) is 12.6. The number of nitrogens with zero attached hydrogens (tertiary/aromatic N) is 2. The molecule has 0 spiro atoms. The lowest BCUT2D eigenvalue weighted by Crippen LogP contribution is -2.32. The molecular formula is C32H28N4O5. The molecule has 0 aliphatic heterocycles. The Labute approximate surface area is 237 Å². The van der Waals surface area contributed by atoms with Crippen molar-refractivity contribution in [3.63, 3.8) is 0 Å². The van der Waals surface area contributed by atoms with Crippen molar-refractivity contribution in [3.8, 4) is 5.75 Å². The molecule has 0 bridgehead atoms. The van der Waals surface area contributed by atoms with Crippen LogP contribution in [0.2, 0.25) is 0 Å². The third kappa shape index (κ3) is 8.66. The van der Waals surface area contributed by atoms with E-state index in [0.717, 1.165) is 5.69 Å². The Hall–Kier alpha value is -5.70. The number of anilines is 1. The van der Waals surface area contributed by atoms with Gasteiger partial charge in [-0.2, -0.15) is 5.10 Å². The highest BCUT2D eigenvalue weighted by atomic mass is 16.5. The summed E-state index contributed by atoms with van der Waals surface area (Å²) in [5.41, 5.74) is 5.15. The van der Waals surface area contributed by atoms with Gasteiger partial charge in [0.05, 0.1) is 12.5 Å². The molecule has 41 heavy (non-hydrogen) atoms. The zero-order valence-electron chi connectivity index (χ0n) is 22.5. The van der Waals surface area contributed by atoms with E-state index in [-0.39, 0.29) is 5.70 Å². The Kier molecular flexibility index (Phi) is 9.60. The van der Waals surface area contributed by atoms with E-state index in [1.807, 2.05) is 43.3 Å². The molecule has 206 valence electrons. The number of hydrogen-bond acceptors (Lipinski definition) is 7. The number of hydrazone groups is 1. The fourth-order valence-electron chi connectivity index (χ4n) is 3.55. The summed E-state index contributed by atoms with van der Waals surface area (Å²) in [5, 5.41) is 6.70. The minimum Gasteiger partial charge on any atom is -0.465 e. The van der Waals surface area contributed by atoms with Crippen LogP contribution in [0.15, 0.2) is 119 Å². The van der Waals surface area contributed by atoms with Crippen LogP contribution in [0.3, 0.4) is 0 Å². The number of ether oxygens (including phenoxy) is 1. The van der Waals surface area contributed by atoms with Crippen LogP contribution in [0.1, 0.15) is 27.2 Å². The Morgan fingerprint density at radius 3 is 2.37 bits per heavy atom. The van der Waals surface area contributed by atoms with Crippen molar-refractivity contribution < 1.29 is 23.5 Å². The number of carbonyl (C=O) groups excluding carboxylic acids is 3. The lowest BCUT2D eigenvalue weighted by Gasteiger charge is -2.12. The van der Waals surface area contributed by atoms with Gasteiger partial charge in [-0.15, -0.1) is 0 Å². The SMILES string of the molecule is CN(C)c1ccc(/C=C(\NC(=O)c2ccccc2)C(=O)N/N=C/c2cccc(OC(=O)/C=C/c3ccco3)c2)cc1. The fourth-order valence-corrected chi connectivity index (χ4v) is 3.55. The second-order valence-electron chi connectivity index (χ2n) is 8.91. The van der Waals surface area contributed by atoms with Crippen molar-refractivity contribution in [2.24, 2.45) is 5.10 Å². The predicted octanol–water partition coefficient (Wildman–Crippen LogP) is 4.89. The van der Waals surface area contributed by atoms with Gasteiger partial charge in [0.1, 0.15) is 17.2 Å². The summed E-state index contributed by atoms with van der Waals surface area (Å²) in [6, 6.07) is 26.1. The van der Waals surface area contributed by atoms with Crippen LogP contribution >= 0.6 is 0 Å². The number of amides is 2. The van der Waals surface area contributed by atoms with Crippen LogP contribution in [-0.4, -0.2) is 38.1 Å². The van der Waals surface area contributed by atoms with Gasteiger partial charge in [-0.3, -0.25) is 9.59 Å². The summed E-state index contributed by atoms with van der Waals surface area (Å²) in [4.78, 5) is 39.9. The van der Waals surface area contributed by atoms with Crippen molar-refractivity contribution in [2.45, 2.75) is 0 Å². The number of rotatable bonds is 10. The molecule has 4 rings (SSSR count). The summed E-state index contributed by atoms with van der Waals surface area (Å²) < 4.78 is 10.5. The fraction of sp³-hybridized carbons (Fsp3) is 0.0625. The molecular weight excluding hydrogens is 520 g/mol. The molecule has 0 aliphatic rings. The topological polar surface area (TPSA) is 113 Å². The Bertz CT molecular complexity index is 1570. The van der Waals surface area contributed by atoms with E-state index in [9.17, 15) is 14.4 Å². The quantitative estimate of drug-likeness (QED) is 0.0960. The zero-order valence-corrected chi connectivity index (χ0v) is 22.5. The molecule has 9 nitrogen and oxygen atoms in total. The van der Waals surface area contributed by atoms with E-state index in [0.29, 0.717) is 28.2 Å².